The molecule has 3 heterocycles. The molecule has 1 aliphatic heterocycles. The first-order chi connectivity index (χ1) is 15.2. The van der Waals surface area contributed by atoms with Crippen molar-refractivity contribution < 1.29 is 4.39 Å². The lowest BCUT2D eigenvalue weighted by Gasteiger charge is -2.29. The molecule has 0 saturated carbocycles. The minimum Gasteiger partial charge on any atom is -0.352 e. The van der Waals surface area contributed by atoms with Gasteiger partial charge in [-0.25, -0.2) is 4.39 Å². The summed E-state index contributed by atoms with van der Waals surface area (Å²) in [5, 5.41) is 4.12. The van der Waals surface area contributed by atoms with Crippen molar-refractivity contribution >= 4 is 17.3 Å². The van der Waals surface area contributed by atoms with E-state index in [1.54, 1.807) is 18.3 Å². The van der Waals surface area contributed by atoms with Crippen LogP contribution in [0.15, 0.2) is 97.3 Å². The van der Waals surface area contributed by atoms with Crippen LogP contribution < -0.4 is 5.32 Å². The minimum atomic E-state index is -0.266. The molecule has 1 fully saturated rings. The molecule has 0 spiro atoms. The summed E-state index contributed by atoms with van der Waals surface area (Å²) in [6, 6.07) is 26.6. The number of hydrogen-bond acceptors (Lipinski definition) is 2. The van der Waals surface area contributed by atoms with Gasteiger partial charge in [0.1, 0.15) is 5.82 Å². The van der Waals surface area contributed by atoms with Gasteiger partial charge in [-0.05, 0) is 54.2 Å². The van der Waals surface area contributed by atoms with E-state index in [0.717, 1.165) is 17.0 Å². The highest BCUT2D eigenvalue weighted by Gasteiger charge is 2.41. The lowest BCUT2D eigenvalue weighted by Crippen LogP contribution is -2.30. The zero-order valence-electron chi connectivity index (χ0n) is 16.7. The van der Waals surface area contributed by atoms with E-state index in [9.17, 15) is 4.39 Å². The van der Waals surface area contributed by atoms with Gasteiger partial charge in [-0.3, -0.25) is 4.98 Å². The molecule has 4 aromatic rings. The number of nitrogens with one attached hydrogen (secondary N) is 1. The molecule has 2 aromatic heterocycles. The van der Waals surface area contributed by atoms with E-state index in [4.69, 9.17) is 12.2 Å². The lowest BCUT2D eigenvalue weighted by molar-refractivity contribution is 0.302. The van der Waals surface area contributed by atoms with E-state index in [0.29, 0.717) is 17.3 Å². The van der Waals surface area contributed by atoms with Crippen LogP contribution in [0.4, 0.5) is 4.39 Å². The summed E-state index contributed by atoms with van der Waals surface area (Å²) < 4.78 is 16.6. The van der Waals surface area contributed by atoms with Crippen molar-refractivity contribution in [3.8, 4) is 5.69 Å². The van der Waals surface area contributed by atoms with E-state index in [1.807, 2.05) is 65.4 Å². The summed E-state index contributed by atoms with van der Waals surface area (Å²) in [5.41, 5.74) is 3.51. The quantitative estimate of drug-likeness (QED) is 0.444. The van der Waals surface area contributed by atoms with Crippen LogP contribution in [0.5, 0.6) is 0 Å². The standard InChI is InChI=1S/C25H21FN4S/c26-19-11-4-5-13-21(19)29-16-8-14-22(29)24-23(20-12-6-7-15-27-20)28-25(31)30(24)17-18-9-2-1-3-10-18/h1-16,23-24H,17H2,(H,28,31)/t23-,24+/m0/s1. The van der Waals surface area contributed by atoms with E-state index >= 15 is 0 Å². The molecule has 5 rings (SSSR count). The first-order valence-corrected chi connectivity index (χ1v) is 10.6. The number of thiocarbonyl (C=S) groups is 1. The normalized spacial score (nSPS) is 18.2. The highest BCUT2D eigenvalue weighted by atomic mass is 32.1. The van der Waals surface area contributed by atoms with Gasteiger partial charge >= 0.3 is 0 Å². The van der Waals surface area contributed by atoms with Crippen molar-refractivity contribution in [2.45, 2.75) is 18.6 Å². The summed E-state index contributed by atoms with van der Waals surface area (Å²) >= 11 is 5.76. The highest BCUT2D eigenvalue weighted by Crippen LogP contribution is 2.40. The van der Waals surface area contributed by atoms with Crippen molar-refractivity contribution in [1.82, 2.24) is 19.8 Å². The monoisotopic (exact) mass is 428 g/mol. The van der Waals surface area contributed by atoms with Crippen molar-refractivity contribution in [2.24, 2.45) is 0 Å². The maximum Gasteiger partial charge on any atom is 0.170 e. The number of aromatic nitrogens is 2. The molecule has 2 atom stereocenters. The molecule has 31 heavy (non-hydrogen) atoms. The van der Waals surface area contributed by atoms with E-state index in [-0.39, 0.29) is 17.9 Å². The Morgan fingerprint density at radius 1 is 0.903 bits per heavy atom. The number of rotatable bonds is 5. The topological polar surface area (TPSA) is 33.1 Å². The number of hydrogen-bond donors (Lipinski definition) is 1. The van der Waals surface area contributed by atoms with Crippen molar-refractivity contribution in [3.05, 3.63) is 120 Å². The lowest BCUT2D eigenvalue weighted by atomic mass is 10.0. The fourth-order valence-corrected chi connectivity index (χ4v) is 4.48. The predicted octanol–water partition coefficient (Wildman–Crippen LogP) is 5.18. The van der Waals surface area contributed by atoms with Crippen LogP contribution >= 0.6 is 12.2 Å². The van der Waals surface area contributed by atoms with Crippen molar-refractivity contribution in [3.63, 3.8) is 0 Å². The molecule has 6 heteroatoms. The van der Waals surface area contributed by atoms with Crippen LogP contribution in [-0.4, -0.2) is 19.6 Å². The molecule has 0 bridgehead atoms. The van der Waals surface area contributed by atoms with Crippen molar-refractivity contribution in [1.29, 1.82) is 0 Å². The molecule has 0 radical (unpaired) electrons. The zero-order valence-corrected chi connectivity index (χ0v) is 17.5. The molecule has 2 aromatic carbocycles. The van der Waals surface area contributed by atoms with Crippen LogP contribution in [-0.2, 0) is 6.54 Å². The molecule has 1 N–H and O–H groups in total. The number of halogens is 1. The van der Waals surface area contributed by atoms with Crippen LogP contribution in [0, 0.1) is 5.82 Å². The molecule has 0 amide bonds. The first-order valence-electron chi connectivity index (χ1n) is 10.2. The SMILES string of the molecule is Fc1ccccc1-n1cccc1[C@@H]1[C@H](c2ccccn2)NC(=S)N1Cc1ccccc1. The van der Waals surface area contributed by atoms with Gasteiger partial charge in [-0.2, -0.15) is 0 Å². The second-order valence-corrected chi connectivity index (χ2v) is 7.88. The second-order valence-electron chi connectivity index (χ2n) is 7.49. The minimum absolute atomic E-state index is 0.155. The number of nitrogens with zero attached hydrogens (tertiary/aromatic N) is 3. The van der Waals surface area contributed by atoms with E-state index in [2.05, 4.69) is 27.3 Å². The second kappa shape index (κ2) is 8.32. The first kappa shape index (κ1) is 19.5. The fraction of sp³-hybridized carbons (Fsp3) is 0.120. The molecule has 0 aliphatic carbocycles. The Morgan fingerprint density at radius 2 is 1.68 bits per heavy atom. The number of para-hydroxylation sites is 1. The highest BCUT2D eigenvalue weighted by molar-refractivity contribution is 7.80. The maximum atomic E-state index is 14.7. The van der Waals surface area contributed by atoms with Gasteiger partial charge < -0.3 is 14.8 Å². The molecule has 154 valence electrons. The van der Waals surface area contributed by atoms with Crippen LogP contribution in [0.2, 0.25) is 0 Å². The third-order valence-electron chi connectivity index (χ3n) is 5.59. The van der Waals surface area contributed by atoms with Crippen molar-refractivity contribution in [2.75, 3.05) is 0 Å². The largest absolute Gasteiger partial charge is 0.352 e. The Bertz CT molecular complexity index is 1190. The smallest absolute Gasteiger partial charge is 0.170 e. The van der Waals surface area contributed by atoms with Crippen LogP contribution in [0.1, 0.15) is 29.0 Å². The molecular formula is C25H21FN4S. The van der Waals surface area contributed by atoms with Crippen LogP contribution in [0.3, 0.4) is 0 Å². The van der Waals surface area contributed by atoms with Crippen LogP contribution in [0.25, 0.3) is 5.69 Å². The zero-order chi connectivity index (χ0) is 21.2. The Labute approximate surface area is 186 Å². The predicted molar refractivity (Wildman–Crippen MR) is 123 cm³/mol. The number of benzene rings is 2. The van der Waals surface area contributed by atoms with Gasteiger partial charge in [0.25, 0.3) is 0 Å². The summed E-state index contributed by atoms with van der Waals surface area (Å²) in [4.78, 5) is 6.75. The Kier molecular flexibility index (Phi) is 5.22. The van der Waals surface area contributed by atoms with E-state index < -0.39 is 0 Å². The third-order valence-corrected chi connectivity index (χ3v) is 5.94. The Balaban J connectivity index is 1.62. The Morgan fingerprint density at radius 3 is 2.45 bits per heavy atom. The van der Waals surface area contributed by atoms with Gasteiger partial charge in [0.2, 0.25) is 0 Å². The molecular weight excluding hydrogens is 407 g/mol. The maximum absolute atomic E-state index is 14.7. The molecule has 1 aliphatic rings. The fourth-order valence-electron chi connectivity index (χ4n) is 4.18. The molecule has 1 saturated heterocycles. The Hall–Kier alpha value is -3.51. The van der Waals surface area contributed by atoms with E-state index in [1.165, 1.54) is 6.07 Å². The summed E-state index contributed by atoms with van der Waals surface area (Å²) in [5.74, 6) is -0.266. The number of pyridine rings is 1. The molecule has 0 unspecified atom stereocenters. The van der Waals surface area contributed by atoms with Gasteiger partial charge in [-0.1, -0.05) is 48.5 Å². The van der Waals surface area contributed by atoms with Gasteiger partial charge in [0, 0.05) is 24.6 Å². The average molecular weight is 429 g/mol. The average Bonchev–Trinajstić information content (AvgIpc) is 3.40. The van der Waals surface area contributed by atoms with Gasteiger partial charge in [-0.15, -0.1) is 0 Å². The molecule has 4 nitrogen and oxygen atoms in total. The summed E-state index contributed by atoms with van der Waals surface area (Å²) in [6.07, 6.45) is 3.68. The third kappa shape index (κ3) is 3.70. The summed E-state index contributed by atoms with van der Waals surface area (Å²) in [6.45, 7) is 0.642. The van der Waals surface area contributed by atoms with Gasteiger partial charge in [0.05, 0.1) is 23.5 Å². The summed E-state index contributed by atoms with van der Waals surface area (Å²) in [7, 11) is 0. The van der Waals surface area contributed by atoms with Gasteiger partial charge in [0.15, 0.2) is 5.11 Å².